The van der Waals surface area contributed by atoms with Crippen molar-refractivity contribution in [3.8, 4) is 5.75 Å². The molecule has 0 heterocycles. The van der Waals surface area contributed by atoms with Gasteiger partial charge in [0.05, 0.1) is 28.2 Å². The van der Waals surface area contributed by atoms with Crippen molar-refractivity contribution in [2.45, 2.75) is 0 Å². The standard InChI is InChI=1S/C6H5FO4S.C4H12N/c7-5-3-1-2-4-6(5)11-12(8,9)10;1-5(2,3)4/h1-4H,(H,8,9,10);1-4H3/q;+1/p-1. The number of hydrogen-bond donors (Lipinski definition) is 0. The quantitative estimate of drug-likeness (QED) is 0.454. The Morgan fingerprint density at radius 3 is 1.94 bits per heavy atom. The van der Waals surface area contributed by atoms with Gasteiger partial charge in [0, 0.05) is 0 Å². The van der Waals surface area contributed by atoms with Crippen molar-refractivity contribution in [2.75, 3.05) is 28.2 Å². The van der Waals surface area contributed by atoms with Gasteiger partial charge in [0.15, 0.2) is 11.6 Å². The number of para-hydroxylation sites is 1. The predicted octanol–water partition coefficient (Wildman–Crippen LogP) is 0.987. The lowest BCUT2D eigenvalue weighted by Gasteiger charge is -2.14. The molecule has 0 spiro atoms. The van der Waals surface area contributed by atoms with Gasteiger partial charge in [-0.05, 0) is 12.1 Å². The van der Waals surface area contributed by atoms with Crippen molar-refractivity contribution in [3.05, 3.63) is 30.1 Å². The van der Waals surface area contributed by atoms with Crippen LogP contribution in [-0.4, -0.2) is 45.6 Å². The van der Waals surface area contributed by atoms with Crippen LogP contribution >= 0.6 is 0 Å². The first-order chi connectivity index (χ1) is 7.49. The first kappa shape index (κ1) is 15.8. The third-order valence-electron chi connectivity index (χ3n) is 1.03. The van der Waals surface area contributed by atoms with E-state index in [0.717, 1.165) is 16.6 Å². The Morgan fingerprint density at radius 1 is 1.18 bits per heavy atom. The highest BCUT2D eigenvalue weighted by Gasteiger charge is 2.04. The number of benzene rings is 1. The largest absolute Gasteiger partial charge is 0.716 e. The van der Waals surface area contributed by atoms with Crippen LogP contribution in [0.3, 0.4) is 0 Å². The lowest BCUT2D eigenvalue weighted by Crippen LogP contribution is -2.27. The summed E-state index contributed by atoms with van der Waals surface area (Å²) in [5.74, 6) is -1.48. The van der Waals surface area contributed by atoms with Gasteiger partial charge in [-0.1, -0.05) is 12.1 Å². The van der Waals surface area contributed by atoms with Crippen LogP contribution in [0.5, 0.6) is 5.75 Å². The highest BCUT2D eigenvalue weighted by molar-refractivity contribution is 7.81. The second-order valence-corrected chi connectivity index (χ2v) is 5.59. The SMILES string of the molecule is C[N+](C)(C)C.O=S(=O)([O-])Oc1ccccc1F. The molecule has 0 unspecified atom stereocenters. The summed E-state index contributed by atoms with van der Waals surface area (Å²) in [6.45, 7) is 0. The Kier molecular flexibility index (Phi) is 5.53. The maximum atomic E-state index is 12.6. The Labute approximate surface area is 101 Å². The molecule has 1 aromatic rings. The van der Waals surface area contributed by atoms with E-state index in [1.807, 2.05) is 0 Å². The Hall–Kier alpha value is -1.18. The van der Waals surface area contributed by atoms with Gasteiger partial charge < -0.3 is 13.2 Å². The number of hydrogen-bond acceptors (Lipinski definition) is 4. The second kappa shape index (κ2) is 5.95. The summed E-state index contributed by atoms with van der Waals surface area (Å²) >= 11 is 0. The molecule has 0 radical (unpaired) electrons. The zero-order valence-electron chi connectivity index (χ0n) is 10.2. The second-order valence-electron chi connectivity index (χ2n) is 4.61. The monoisotopic (exact) mass is 265 g/mol. The number of rotatable bonds is 2. The minimum absolute atomic E-state index is 0.590. The number of halogens is 1. The van der Waals surface area contributed by atoms with E-state index in [9.17, 15) is 17.4 Å². The zero-order chi connectivity index (χ0) is 13.7. The van der Waals surface area contributed by atoms with Crippen molar-refractivity contribution >= 4 is 10.4 Å². The fourth-order valence-corrected chi connectivity index (χ4v) is 0.977. The summed E-state index contributed by atoms with van der Waals surface area (Å²) in [5.41, 5.74) is 0. The van der Waals surface area contributed by atoms with Gasteiger partial charge in [-0.25, -0.2) is 12.8 Å². The topological polar surface area (TPSA) is 66.4 Å². The minimum Gasteiger partial charge on any atom is -0.716 e. The van der Waals surface area contributed by atoms with E-state index in [4.69, 9.17) is 0 Å². The molecule has 0 fully saturated rings. The van der Waals surface area contributed by atoms with Crippen molar-refractivity contribution in [1.82, 2.24) is 0 Å². The van der Waals surface area contributed by atoms with Crippen molar-refractivity contribution in [2.24, 2.45) is 0 Å². The molecule has 5 nitrogen and oxygen atoms in total. The number of nitrogens with zero attached hydrogens (tertiary/aromatic N) is 1. The lowest BCUT2D eigenvalue weighted by atomic mass is 10.3. The first-order valence-corrected chi connectivity index (χ1v) is 6.01. The van der Waals surface area contributed by atoms with Gasteiger partial charge in [-0.15, -0.1) is 0 Å². The smallest absolute Gasteiger partial charge is 0.262 e. The van der Waals surface area contributed by atoms with Gasteiger partial charge in [0.25, 0.3) is 10.4 Å². The summed E-state index contributed by atoms with van der Waals surface area (Å²) < 4.78 is 47.4. The van der Waals surface area contributed by atoms with Gasteiger partial charge >= 0.3 is 0 Å². The van der Waals surface area contributed by atoms with E-state index < -0.39 is 22.0 Å². The van der Waals surface area contributed by atoms with Crippen molar-refractivity contribution < 1.29 is 26.0 Å². The van der Waals surface area contributed by atoms with Crippen LogP contribution in [0, 0.1) is 5.82 Å². The zero-order valence-corrected chi connectivity index (χ0v) is 11.0. The van der Waals surface area contributed by atoms with E-state index in [1.54, 1.807) is 0 Å². The molecular weight excluding hydrogens is 249 g/mol. The molecule has 0 aliphatic rings. The summed E-state index contributed by atoms with van der Waals surface area (Å²) in [7, 11) is 3.61. The normalized spacial score (nSPS) is 11.4. The first-order valence-electron chi connectivity index (χ1n) is 4.68. The average molecular weight is 265 g/mol. The van der Waals surface area contributed by atoms with Crippen LogP contribution in [0.4, 0.5) is 4.39 Å². The van der Waals surface area contributed by atoms with Crippen LogP contribution in [0.25, 0.3) is 0 Å². The van der Waals surface area contributed by atoms with Crippen LogP contribution in [0.2, 0.25) is 0 Å². The Morgan fingerprint density at radius 2 is 1.59 bits per heavy atom. The van der Waals surface area contributed by atoms with Gasteiger partial charge in [-0.2, -0.15) is 0 Å². The summed E-state index contributed by atoms with van der Waals surface area (Å²) in [4.78, 5) is 0. The van der Waals surface area contributed by atoms with Gasteiger partial charge in [-0.3, -0.25) is 0 Å². The maximum absolute atomic E-state index is 12.6. The van der Waals surface area contributed by atoms with E-state index >= 15 is 0 Å². The van der Waals surface area contributed by atoms with Crippen LogP contribution in [0.1, 0.15) is 0 Å². The van der Waals surface area contributed by atoms with Gasteiger partial charge in [0.2, 0.25) is 0 Å². The van der Waals surface area contributed by atoms with Gasteiger partial charge in [0.1, 0.15) is 0 Å². The molecule has 0 amide bonds. The van der Waals surface area contributed by atoms with E-state index in [-0.39, 0.29) is 0 Å². The summed E-state index contributed by atoms with van der Waals surface area (Å²) in [6.07, 6.45) is 0. The molecule has 1 aromatic carbocycles. The van der Waals surface area contributed by atoms with Crippen LogP contribution < -0.4 is 4.18 Å². The molecule has 0 atom stereocenters. The highest BCUT2D eigenvalue weighted by Crippen LogP contribution is 2.16. The Balaban J connectivity index is 0.000000437. The third-order valence-corrected chi connectivity index (χ3v) is 1.41. The molecule has 0 saturated heterocycles. The van der Waals surface area contributed by atoms with E-state index in [2.05, 4.69) is 32.4 Å². The molecule has 98 valence electrons. The van der Waals surface area contributed by atoms with Crippen molar-refractivity contribution in [1.29, 1.82) is 0 Å². The lowest BCUT2D eigenvalue weighted by molar-refractivity contribution is -0.849. The Bertz CT molecular complexity index is 448. The fourth-order valence-electron chi connectivity index (χ4n) is 0.622. The van der Waals surface area contributed by atoms with Crippen LogP contribution in [0.15, 0.2) is 24.3 Å². The molecule has 0 aliphatic carbocycles. The van der Waals surface area contributed by atoms with Crippen molar-refractivity contribution in [3.63, 3.8) is 0 Å². The maximum Gasteiger partial charge on any atom is 0.262 e. The molecule has 0 bridgehead atoms. The molecule has 1 rings (SSSR count). The minimum atomic E-state index is -4.89. The molecule has 7 heteroatoms. The molecule has 0 saturated carbocycles. The highest BCUT2D eigenvalue weighted by atomic mass is 32.3. The summed E-state index contributed by atoms with van der Waals surface area (Å²) in [5, 5.41) is 0. The van der Waals surface area contributed by atoms with E-state index in [1.165, 1.54) is 12.1 Å². The number of quaternary nitrogens is 1. The summed E-state index contributed by atoms with van der Waals surface area (Å²) in [6, 6.07) is 4.73. The molecule has 0 aliphatic heterocycles. The van der Waals surface area contributed by atoms with E-state index in [0.29, 0.717) is 0 Å². The molecule has 0 aromatic heterocycles. The molecule has 17 heavy (non-hydrogen) atoms. The van der Waals surface area contributed by atoms with Crippen LogP contribution in [-0.2, 0) is 10.4 Å². The predicted molar refractivity (Wildman–Crippen MR) is 60.7 cm³/mol. The fraction of sp³-hybridized carbons (Fsp3) is 0.400. The third kappa shape index (κ3) is 11.1. The molecular formula is C10H16FNO4S. The molecule has 0 N–H and O–H groups in total. The average Bonchev–Trinajstić information content (AvgIpc) is 2.03.